The Bertz CT molecular complexity index is 3450. The molecule has 3 aliphatic rings. The second-order valence-electron chi connectivity index (χ2n) is 16.9. The zero-order valence-electron chi connectivity index (χ0n) is 42.5. The molecule has 0 bridgehead atoms. The normalized spacial score (nSPS) is 14.1. The van der Waals surface area contributed by atoms with Crippen LogP contribution in [0.25, 0.3) is 44.0 Å². The molecule has 2 fully saturated rings. The molecular weight excluding hydrogens is 1200 g/mol. The molecule has 0 amide bonds. The Morgan fingerprint density at radius 3 is 1.57 bits per heavy atom. The van der Waals surface area contributed by atoms with E-state index in [-0.39, 0.29) is 0 Å². The highest BCUT2D eigenvalue weighted by Crippen LogP contribution is 2.35. The Balaban J connectivity index is 0.000000128. The molecule has 0 N–H and O–H groups in total. The second kappa shape index (κ2) is 25.0. The monoisotopic (exact) mass is 1260 g/mol. The summed E-state index contributed by atoms with van der Waals surface area (Å²) in [5.41, 5.74) is 9.11. The van der Waals surface area contributed by atoms with Crippen molar-refractivity contribution in [3.8, 4) is 28.9 Å². The average Bonchev–Trinajstić information content (AvgIpc) is 4.21. The molecule has 12 rings (SSSR count). The van der Waals surface area contributed by atoms with Crippen molar-refractivity contribution in [2.75, 3.05) is 82.2 Å². The average molecular weight is 1260 g/mol. The molecule has 3 aliphatic heterocycles. The van der Waals surface area contributed by atoms with Gasteiger partial charge in [0.25, 0.3) is 0 Å². The smallest absolute Gasteiger partial charge is 0.225 e. The lowest BCUT2D eigenvalue weighted by atomic mass is 10.0. The number of hydrogen-bond acceptors (Lipinski definition) is 17. The molecule has 2 saturated heterocycles. The first kappa shape index (κ1) is 53.5. The number of rotatable bonds is 10. The maximum absolute atomic E-state index is 5.91. The maximum atomic E-state index is 5.91. The summed E-state index contributed by atoms with van der Waals surface area (Å²) in [6.45, 7) is 14.7. The van der Waals surface area contributed by atoms with Crippen molar-refractivity contribution in [1.29, 1.82) is 0 Å². The van der Waals surface area contributed by atoms with E-state index in [0.717, 1.165) is 138 Å². The lowest BCUT2D eigenvalue weighted by Crippen LogP contribution is -2.36. The number of aromatic nitrogens is 12. The third-order valence-corrected chi connectivity index (χ3v) is 14.1. The third kappa shape index (κ3) is 12.0. The number of aliphatic imine (C=N–C) groups is 1. The standard InChI is InChI=1S/C18H21N5O2.C18H20N4O2.C9H10IN3O.C7H5ClIN3/c1-3-25-18-16-14(5-7-20-18)22(2)21-17(16)13-4-6-19-15(12-13)23-8-10-24-11-9-23;1-2-24-18-16-14(4-6-20-18)12-21-17(16)13-3-5-19-15(11-13)22-7-9-23-10-8-22;1-3-14-9-7-6(4-5-11-9)13(2)12-8(7)10;1-12-4-2-3-10-6(8)5(4)7(9)11-12/h4-7,12H,3,8-11H2,1-2H3;3-6,11H,2,7-10,12H2,1H3;4-5H,3H2,1-2H3;2-3H,1H3. The van der Waals surface area contributed by atoms with Crippen molar-refractivity contribution in [1.82, 2.24) is 59.2 Å². The van der Waals surface area contributed by atoms with Crippen LogP contribution < -0.4 is 24.0 Å². The number of nitrogens with zero attached hydrogens (tertiary/aromatic N) is 15. The van der Waals surface area contributed by atoms with E-state index in [1.54, 1.807) is 29.5 Å². The van der Waals surface area contributed by atoms with Crippen LogP contribution in [0.5, 0.6) is 17.6 Å². The zero-order chi connectivity index (χ0) is 52.4. The number of aryl methyl sites for hydroxylation is 3. The van der Waals surface area contributed by atoms with Crippen LogP contribution >= 0.6 is 56.8 Å². The molecule has 0 atom stereocenters. The number of anilines is 2. The van der Waals surface area contributed by atoms with Gasteiger partial charge in [0, 0.05) is 95.6 Å². The van der Waals surface area contributed by atoms with E-state index in [0.29, 0.717) is 49.2 Å². The topological polar surface area (TPSA) is 196 Å². The van der Waals surface area contributed by atoms with Crippen LogP contribution in [0.1, 0.15) is 37.5 Å². The Labute approximate surface area is 466 Å². The number of hydrogen-bond donors (Lipinski definition) is 0. The van der Waals surface area contributed by atoms with E-state index in [1.807, 2.05) is 100 Å². The van der Waals surface area contributed by atoms with Gasteiger partial charge in [-0.3, -0.25) is 19.0 Å². The fourth-order valence-corrected chi connectivity index (χ4v) is 10.9. The summed E-state index contributed by atoms with van der Waals surface area (Å²) in [4.78, 5) is 35.2. The summed E-state index contributed by atoms with van der Waals surface area (Å²) in [7, 11) is 5.74. The predicted octanol–water partition coefficient (Wildman–Crippen LogP) is 8.53. The number of pyridine rings is 6. The van der Waals surface area contributed by atoms with E-state index in [9.17, 15) is 0 Å². The van der Waals surface area contributed by atoms with Gasteiger partial charge in [0.15, 0.2) is 0 Å². The Kier molecular flexibility index (Phi) is 17.8. The fraction of sp³-hybridized carbons (Fsp3) is 0.346. The molecule has 9 aromatic heterocycles. The summed E-state index contributed by atoms with van der Waals surface area (Å²) < 4.78 is 35.1. The highest BCUT2D eigenvalue weighted by Gasteiger charge is 2.25. The molecule has 0 aliphatic carbocycles. The van der Waals surface area contributed by atoms with E-state index in [2.05, 4.69) is 107 Å². The van der Waals surface area contributed by atoms with Crippen LogP contribution in [-0.2, 0) is 37.2 Å². The SMILES string of the molecule is CCOc1nccc2c1C(c1ccnc(N3CCOCC3)c1)=NC2.CCOc1nccc2c1c(-c1ccnc(N3CCOCC3)c1)nn2C.CCOc1nccc2c1c(I)nn2C.Cn1nc(I)c2c(Cl)nccc21. The minimum atomic E-state index is 0.519. The molecule has 0 spiro atoms. The van der Waals surface area contributed by atoms with Gasteiger partial charge < -0.3 is 33.5 Å². The van der Waals surface area contributed by atoms with Crippen molar-refractivity contribution in [2.24, 2.45) is 26.1 Å². The van der Waals surface area contributed by atoms with Gasteiger partial charge in [0.1, 0.15) is 29.9 Å². The van der Waals surface area contributed by atoms with E-state index in [1.165, 1.54) is 0 Å². The molecule has 0 radical (unpaired) electrons. The van der Waals surface area contributed by atoms with Crippen LogP contribution in [0, 0.1) is 7.40 Å². The van der Waals surface area contributed by atoms with Gasteiger partial charge >= 0.3 is 0 Å². The van der Waals surface area contributed by atoms with E-state index < -0.39 is 0 Å². The molecule has 75 heavy (non-hydrogen) atoms. The van der Waals surface area contributed by atoms with E-state index in [4.69, 9.17) is 45.4 Å². The van der Waals surface area contributed by atoms with Gasteiger partial charge in [-0.1, -0.05) is 11.6 Å². The van der Waals surface area contributed by atoms with Gasteiger partial charge in [-0.2, -0.15) is 15.3 Å². The van der Waals surface area contributed by atoms with Gasteiger partial charge in [-0.25, -0.2) is 29.9 Å². The largest absolute Gasteiger partial charge is 0.477 e. The summed E-state index contributed by atoms with van der Waals surface area (Å²) in [5.74, 6) is 3.86. The van der Waals surface area contributed by atoms with Crippen LogP contribution in [0.3, 0.4) is 0 Å². The molecular formula is C52H56ClI2N15O5. The number of morpholine rings is 2. The van der Waals surface area contributed by atoms with Gasteiger partial charge in [-0.05, 0) is 120 Å². The van der Waals surface area contributed by atoms with Crippen LogP contribution in [0.2, 0.25) is 5.15 Å². The highest BCUT2D eigenvalue weighted by molar-refractivity contribution is 14.1. The van der Waals surface area contributed by atoms with Crippen molar-refractivity contribution >= 4 is 107 Å². The van der Waals surface area contributed by atoms with Gasteiger partial charge in [-0.15, -0.1) is 0 Å². The van der Waals surface area contributed by atoms with Crippen molar-refractivity contribution in [2.45, 2.75) is 27.3 Å². The Morgan fingerprint density at radius 2 is 0.987 bits per heavy atom. The Hall–Kier alpha value is -6.35. The molecule has 12 heterocycles. The Morgan fingerprint density at radius 1 is 0.533 bits per heavy atom. The van der Waals surface area contributed by atoms with Crippen LogP contribution in [0.4, 0.5) is 11.6 Å². The summed E-state index contributed by atoms with van der Waals surface area (Å²) >= 11 is 10.2. The molecule has 0 saturated carbocycles. The minimum Gasteiger partial charge on any atom is -0.477 e. The predicted molar refractivity (Wildman–Crippen MR) is 307 cm³/mol. The minimum absolute atomic E-state index is 0.519. The lowest BCUT2D eigenvalue weighted by molar-refractivity contribution is 0.122. The van der Waals surface area contributed by atoms with Crippen molar-refractivity contribution in [3.63, 3.8) is 0 Å². The maximum Gasteiger partial charge on any atom is 0.225 e. The molecule has 20 nitrogen and oxygen atoms in total. The number of halogens is 3. The van der Waals surface area contributed by atoms with Crippen molar-refractivity contribution in [3.05, 3.63) is 115 Å². The van der Waals surface area contributed by atoms with Gasteiger partial charge in [0.2, 0.25) is 17.6 Å². The summed E-state index contributed by atoms with van der Waals surface area (Å²) in [6.07, 6.45) is 10.6. The lowest BCUT2D eigenvalue weighted by Gasteiger charge is -2.28. The zero-order valence-corrected chi connectivity index (χ0v) is 47.5. The number of ether oxygens (including phenoxy) is 5. The summed E-state index contributed by atoms with van der Waals surface area (Å²) in [6, 6.07) is 16.0. The van der Waals surface area contributed by atoms with E-state index >= 15 is 0 Å². The first-order chi connectivity index (χ1) is 36.6. The molecule has 9 aromatic rings. The molecule has 390 valence electrons. The van der Waals surface area contributed by atoms with Crippen LogP contribution in [0.15, 0.2) is 90.7 Å². The molecule has 0 unspecified atom stereocenters. The summed E-state index contributed by atoms with van der Waals surface area (Å²) in [5, 5.41) is 16.6. The number of fused-ring (bicyclic) bond motifs is 4. The first-order valence-corrected chi connectivity index (χ1v) is 27.0. The second-order valence-corrected chi connectivity index (χ2v) is 19.3. The fourth-order valence-electron chi connectivity index (χ4n) is 8.78. The van der Waals surface area contributed by atoms with Crippen LogP contribution in [-0.4, -0.2) is 137 Å². The third-order valence-electron chi connectivity index (χ3n) is 12.3. The van der Waals surface area contributed by atoms with Gasteiger partial charge in [0.05, 0.1) is 96.8 Å². The molecule has 23 heteroatoms. The van der Waals surface area contributed by atoms with Crippen molar-refractivity contribution < 1.29 is 23.7 Å². The highest BCUT2D eigenvalue weighted by atomic mass is 127. The quantitative estimate of drug-likeness (QED) is 0.0932. The first-order valence-electron chi connectivity index (χ1n) is 24.5. The molecule has 0 aromatic carbocycles.